The number of nitrogens with zero attached hydrogens (tertiary/aromatic N) is 8. The summed E-state index contributed by atoms with van der Waals surface area (Å²) in [7, 11) is 7.53. The van der Waals surface area contributed by atoms with Crippen LogP contribution >= 0.6 is 0 Å². The van der Waals surface area contributed by atoms with Crippen LogP contribution in [0.15, 0.2) is 18.2 Å². The van der Waals surface area contributed by atoms with E-state index in [1.807, 2.05) is 38.0 Å². The third kappa shape index (κ3) is 16.7. The van der Waals surface area contributed by atoms with Gasteiger partial charge < -0.3 is 71.4 Å². The van der Waals surface area contributed by atoms with Gasteiger partial charge in [0.2, 0.25) is 35.7 Å². The number of carbonyl (C=O) groups is 3. The van der Waals surface area contributed by atoms with Crippen molar-refractivity contribution in [1.29, 1.82) is 0 Å². The number of anilines is 8. The number of aromatic nitrogens is 6. The van der Waals surface area contributed by atoms with Crippen molar-refractivity contribution in [2.45, 2.75) is 0 Å². The second-order valence-corrected chi connectivity index (χ2v) is 9.82. The van der Waals surface area contributed by atoms with Gasteiger partial charge in [-0.2, -0.15) is 29.9 Å². The Bertz CT molecular complexity index is 1500. The Labute approximate surface area is 343 Å². The van der Waals surface area contributed by atoms with Gasteiger partial charge in [0.05, 0.1) is 36.7 Å². The molecule has 0 aliphatic heterocycles. The summed E-state index contributed by atoms with van der Waals surface area (Å²) in [5.41, 5.74) is 0.00403. The molecule has 0 aliphatic carbocycles. The first-order valence-electron chi connectivity index (χ1n) is 13.4. The Morgan fingerprint density at radius 3 is 1.40 bits per heavy atom. The zero-order valence-corrected chi connectivity index (χ0v) is 34.0. The van der Waals surface area contributed by atoms with Crippen LogP contribution in [0.5, 0.6) is 0 Å². The van der Waals surface area contributed by atoms with Gasteiger partial charge in [-0.3, -0.25) is 0 Å². The molecule has 242 valence electrons. The second kappa shape index (κ2) is 22.9. The number of carbonyl (C=O) groups excluding carboxylic acids is 3. The Hall–Kier alpha value is -2.63. The maximum absolute atomic E-state index is 12.1. The molecule has 1 aromatic carbocycles. The topological polar surface area (TPSA) is 276 Å². The maximum atomic E-state index is 12.1. The van der Waals surface area contributed by atoms with Crippen molar-refractivity contribution in [3.63, 3.8) is 0 Å². The van der Waals surface area contributed by atoms with E-state index >= 15 is 0 Å². The number of likely N-dealkylation sites (N-methyl/N-ethyl adjacent to an activating group) is 2. The smallest absolute Gasteiger partial charge is 0.548 e. The molecule has 3 aromatic rings. The largest absolute Gasteiger partial charge is 1.00 e. The number of aliphatic carboxylic acids is 2. The molecule has 0 atom stereocenters. The zero-order valence-electron chi connectivity index (χ0n) is 28.0. The number of nitrogens with one attached hydrogen (secondary N) is 6. The van der Waals surface area contributed by atoms with Crippen LogP contribution in [0, 0.1) is 0 Å². The molecular formula is C25H33N14Na3O6. The van der Waals surface area contributed by atoms with E-state index in [1.165, 1.54) is 18.2 Å². The molecule has 0 amide bonds. The van der Waals surface area contributed by atoms with Crippen LogP contribution in [0.25, 0.3) is 0 Å². The van der Waals surface area contributed by atoms with Crippen LogP contribution in [0.1, 0.15) is 10.4 Å². The summed E-state index contributed by atoms with van der Waals surface area (Å²) in [6.45, 7) is 1.10. The van der Waals surface area contributed by atoms with E-state index in [0.29, 0.717) is 26.2 Å². The van der Waals surface area contributed by atoms with E-state index in [9.17, 15) is 29.7 Å². The SMILES string of the molecule is CN(C)CCNc1nc(NCC(=O)[O-])nc(Nc2ccc(Nc3nc(NCCN(C)C)nc(NCC(=O)[O-])n3)c(C(=O)[O-])c2)n1.[Na+].[Na+].[Na+]. The Balaban J connectivity index is 0.00000736. The molecule has 0 bridgehead atoms. The average Bonchev–Trinajstić information content (AvgIpc) is 2.95. The Morgan fingerprint density at radius 1 is 0.604 bits per heavy atom. The van der Waals surface area contributed by atoms with Crippen LogP contribution in [0.4, 0.5) is 47.1 Å². The molecule has 6 N–H and O–H groups in total. The van der Waals surface area contributed by atoms with Crippen LogP contribution in [0.2, 0.25) is 0 Å². The Morgan fingerprint density at radius 2 is 1.00 bits per heavy atom. The fourth-order valence-electron chi connectivity index (χ4n) is 3.41. The number of carboxylic acids is 3. The quantitative estimate of drug-likeness (QED) is 0.0636. The zero-order chi connectivity index (χ0) is 32.9. The summed E-state index contributed by atoms with van der Waals surface area (Å²) in [5.74, 6) is -4.30. The van der Waals surface area contributed by atoms with Gasteiger partial charge in [0.25, 0.3) is 0 Å². The van der Waals surface area contributed by atoms with Gasteiger partial charge in [-0.25, -0.2) is 0 Å². The van der Waals surface area contributed by atoms with E-state index in [4.69, 9.17) is 0 Å². The van der Waals surface area contributed by atoms with E-state index in [0.717, 1.165) is 0 Å². The first-order valence-corrected chi connectivity index (χ1v) is 13.4. The number of hydrogen-bond donors (Lipinski definition) is 6. The maximum Gasteiger partial charge on any atom is 1.00 e. The molecule has 0 saturated heterocycles. The first-order chi connectivity index (χ1) is 21.4. The van der Waals surface area contributed by atoms with Crippen LogP contribution in [-0.2, 0) is 9.59 Å². The van der Waals surface area contributed by atoms with Crippen molar-refractivity contribution >= 4 is 65.0 Å². The summed E-state index contributed by atoms with van der Waals surface area (Å²) in [5, 5.41) is 50.6. The van der Waals surface area contributed by atoms with Gasteiger partial charge in [-0.05, 0) is 46.4 Å². The molecule has 2 aromatic heterocycles. The molecule has 0 saturated carbocycles. The van der Waals surface area contributed by atoms with E-state index < -0.39 is 31.0 Å². The molecule has 0 radical (unpaired) electrons. The minimum absolute atomic E-state index is 0. The third-order valence-electron chi connectivity index (χ3n) is 5.48. The summed E-state index contributed by atoms with van der Waals surface area (Å²) in [4.78, 5) is 62.8. The summed E-state index contributed by atoms with van der Waals surface area (Å²) < 4.78 is 0. The van der Waals surface area contributed by atoms with Gasteiger partial charge >= 0.3 is 88.7 Å². The van der Waals surface area contributed by atoms with Gasteiger partial charge in [-0.1, -0.05) is 0 Å². The monoisotopic (exact) mass is 694 g/mol. The van der Waals surface area contributed by atoms with Gasteiger partial charge in [0.1, 0.15) is 0 Å². The number of carboxylic acid groups (broad SMARTS) is 3. The van der Waals surface area contributed by atoms with Crippen molar-refractivity contribution in [3.8, 4) is 0 Å². The van der Waals surface area contributed by atoms with Gasteiger partial charge in [-0.15, -0.1) is 0 Å². The van der Waals surface area contributed by atoms with Crippen molar-refractivity contribution in [2.24, 2.45) is 0 Å². The first kappa shape index (κ1) is 45.4. The predicted octanol–water partition coefficient (Wildman–Crippen LogP) is -12.8. The molecule has 0 aliphatic rings. The van der Waals surface area contributed by atoms with Gasteiger partial charge in [0, 0.05) is 37.4 Å². The number of benzene rings is 1. The normalized spacial score (nSPS) is 10.1. The van der Waals surface area contributed by atoms with Crippen molar-refractivity contribution in [1.82, 2.24) is 39.7 Å². The number of hydrogen-bond acceptors (Lipinski definition) is 20. The van der Waals surface area contributed by atoms with Crippen LogP contribution < -0.4 is 136 Å². The second-order valence-electron chi connectivity index (χ2n) is 9.82. The molecule has 0 fully saturated rings. The molecule has 20 nitrogen and oxygen atoms in total. The summed E-state index contributed by atoms with van der Waals surface area (Å²) in [6.07, 6.45) is 0. The summed E-state index contributed by atoms with van der Waals surface area (Å²) in [6, 6.07) is 4.18. The number of rotatable bonds is 19. The van der Waals surface area contributed by atoms with E-state index in [2.05, 4.69) is 61.8 Å². The fourth-order valence-corrected chi connectivity index (χ4v) is 3.41. The van der Waals surface area contributed by atoms with Gasteiger partial charge in [0.15, 0.2) is 0 Å². The minimum Gasteiger partial charge on any atom is -0.548 e. The number of aromatic carboxylic acids is 1. The predicted molar refractivity (Wildman–Crippen MR) is 158 cm³/mol. The van der Waals surface area contributed by atoms with Crippen LogP contribution in [0.3, 0.4) is 0 Å². The summed E-state index contributed by atoms with van der Waals surface area (Å²) >= 11 is 0. The molecule has 23 heteroatoms. The standard InChI is InChI=1S/C25H36N14O6.3Na/c1-38(2)9-7-26-20-32-22(28-12-17(40)41)36-24(34-20)30-14-5-6-16(15(11-14)19(44)45)31-25-35-21(27-8-10-39(3)4)33-23(37-25)29-13-18(42)43;;;/h5-6,11H,7-10,12-13H2,1-4H3,(H,40,41)(H,42,43)(H,44,45)(H3,26,28,30,32,34,36)(H3,27,29,31,33,35,37);;;/q;3*+1/p-3. The average molecular weight is 695 g/mol. The molecular weight excluding hydrogens is 661 g/mol. The molecule has 3 rings (SSSR count). The van der Waals surface area contributed by atoms with Crippen molar-refractivity contribution in [3.05, 3.63) is 23.8 Å². The third-order valence-corrected chi connectivity index (χ3v) is 5.48. The van der Waals surface area contributed by atoms with Crippen LogP contribution in [-0.4, -0.2) is 125 Å². The molecule has 0 spiro atoms. The fraction of sp³-hybridized carbons (Fsp3) is 0.400. The Kier molecular flexibility index (Phi) is 21.6. The van der Waals surface area contributed by atoms with E-state index in [-0.39, 0.29) is 141 Å². The van der Waals surface area contributed by atoms with Crippen molar-refractivity contribution < 1.29 is 118 Å². The molecule has 0 unspecified atom stereocenters. The van der Waals surface area contributed by atoms with Crippen molar-refractivity contribution in [2.75, 3.05) is 99.4 Å². The van der Waals surface area contributed by atoms with E-state index in [1.54, 1.807) is 0 Å². The molecule has 2 heterocycles. The molecule has 48 heavy (non-hydrogen) atoms. The minimum atomic E-state index is -1.53.